The number of nitrogens with zero attached hydrogens (tertiary/aromatic N) is 4. The van der Waals surface area contributed by atoms with Gasteiger partial charge in [-0.15, -0.1) is 0 Å². The van der Waals surface area contributed by atoms with Gasteiger partial charge in [0.25, 0.3) is 5.91 Å². The number of hydrogen-bond donors (Lipinski definition) is 2. The zero-order valence-electron chi connectivity index (χ0n) is 17.9. The summed E-state index contributed by atoms with van der Waals surface area (Å²) in [5.41, 5.74) is -0.467. The SMILES string of the molecule is CC(C)n1cc2cc(NC(=O)c3ccc4cc(C(F)(F)F)cnn34)c(C(C)(C)O)cc2n1. The Morgan fingerprint density at radius 2 is 1.88 bits per heavy atom. The first-order valence-corrected chi connectivity index (χ1v) is 9.96. The third-order valence-corrected chi connectivity index (χ3v) is 5.16. The number of carbonyl (C=O) groups is 1. The maximum Gasteiger partial charge on any atom is 0.418 e. The molecule has 4 aromatic rings. The van der Waals surface area contributed by atoms with Gasteiger partial charge in [-0.2, -0.15) is 23.4 Å². The van der Waals surface area contributed by atoms with Crippen molar-refractivity contribution in [3.63, 3.8) is 0 Å². The van der Waals surface area contributed by atoms with Crippen molar-refractivity contribution in [2.24, 2.45) is 0 Å². The second-order valence-corrected chi connectivity index (χ2v) is 8.47. The Hall–Kier alpha value is -3.40. The summed E-state index contributed by atoms with van der Waals surface area (Å²) in [5.74, 6) is -0.571. The normalized spacial score (nSPS) is 12.8. The van der Waals surface area contributed by atoms with Gasteiger partial charge in [0.2, 0.25) is 0 Å². The van der Waals surface area contributed by atoms with Gasteiger partial charge in [0.15, 0.2) is 0 Å². The number of carbonyl (C=O) groups excluding carboxylic acids is 1. The highest BCUT2D eigenvalue weighted by Gasteiger charge is 2.31. The molecule has 0 saturated heterocycles. The van der Waals surface area contributed by atoms with Crippen molar-refractivity contribution in [3.8, 4) is 0 Å². The molecule has 0 aliphatic carbocycles. The zero-order chi connectivity index (χ0) is 23.4. The van der Waals surface area contributed by atoms with Gasteiger partial charge in [-0.1, -0.05) is 0 Å². The summed E-state index contributed by atoms with van der Waals surface area (Å²) in [6.45, 7) is 7.16. The summed E-state index contributed by atoms with van der Waals surface area (Å²) in [6, 6.07) is 7.29. The molecule has 0 bridgehead atoms. The van der Waals surface area contributed by atoms with Crippen LogP contribution in [0.2, 0.25) is 0 Å². The third kappa shape index (κ3) is 3.93. The molecule has 168 valence electrons. The number of rotatable bonds is 4. The number of benzene rings is 1. The Morgan fingerprint density at radius 3 is 2.50 bits per heavy atom. The second-order valence-electron chi connectivity index (χ2n) is 8.47. The van der Waals surface area contributed by atoms with E-state index in [1.807, 2.05) is 20.0 Å². The summed E-state index contributed by atoms with van der Waals surface area (Å²) >= 11 is 0. The molecule has 3 aromatic heterocycles. The molecule has 0 radical (unpaired) electrons. The molecule has 7 nitrogen and oxygen atoms in total. The number of alkyl halides is 3. The van der Waals surface area contributed by atoms with Crippen LogP contribution in [-0.2, 0) is 11.8 Å². The Balaban J connectivity index is 1.74. The monoisotopic (exact) mass is 445 g/mol. The van der Waals surface area contributed by atoms with Crippen molar-refractivity contribution < 1.29 is 23.1 Å². The van der Waals surface area contributed by atoms with E-state index < -0.39 is 23.2 Å². The molecule has 0 atom stereocenters. The van der Waals surface area contributed by atoms with Gasteiger partial charge in [-0.3, -0.25) is 9.48 Å². The highest BCUT2D eigenvalue weighted by molar-refractivity contribution is 6.05. The number of halogens is 3. The van der Waals surface area contributed by atoms with Gasteiger partial charge in [0.05, 0.1) is 28.4 Å². The lowest BCUT2D eigenvalue weighted by atomic mass is 9.95. The number of amides is 1. The number of fused-ring (bicyclic) bond motifs is 2. The average Bonchev–Trinajstić information content (AvgIpc) is 3.29. The highest BCUT2D eigenvalue weighted by Crippen LogP contribution is 2.33. The molecule has 0 saturated carbocycles. The number of aromatic nitrogens is 4. The van der Waals surface area contributed by atoms with Gasteiger partial charge in [-0.25, -0.2) is 4.52 Å². The van der Waals surface area contributed by atoms with Crippen LogP contribution in [-0.4, -0.2) is 30.4 Å². The summed E-state index contributed by atoms with van der Waals surface area (Å²) in [4.78, 5) is 13.0. The van der Waals surface area contributed by atoms with E-state index in [9.17, 15) is 23.1 Å². The Bertz CT molecular complexity index is 1330. The van der Waals surface area contributed by atoms with Crippen LogP contribution < -0.4 is 5.32 Å². The quantitative estimate of drug-likeness (QED) is 0.474. The number of aliphatic hydroxyl groups is 1. The average molecular weight is 445 g/mol. The fourth-order valence-corrected chi connectivity index (χ4v) is 3.48. The molecule has 0 aliphatic rings. The maximum atomic E-state index is 13.0. The van der Waals surface area contributed by atoms with Crippen molar-refractivity contribution in [2.45, 2.75) is 45.5 Å². The van der Waals surface area contributed by atoms with Gasteiger partial charge in [0, 0.05) is 28.9 Å². The third-order valence-electron chi connectivity index (χ3n) is 5.16. The van der Waals surface area contributed by atoms with Crippen LogP contribution in [0.15, 0.2) is 42.7 Å². The molecule has 2 N–H and O–H groups in total. The van der Waals surface area contributed by atoms with Crippen LogP contribution in [0.3, 0.4) is 0 Å². The molecule has 1 amide bonds. The topological polar surface area (TPSA) is 84.5 Å². The lowest BCUT2D eigenvalue weighted by molar-refractivity contribution is -0.137. The first-order chi connectivity index (χ1) is 14.8. The van der Waals surface area contributed by atoms with Crippen molar-refractivity contribution in [3.05, 3.63) is 59.5 Å². The molecule has 1 aromatic carbocycles. The van der Waals surface area contributed by atoms with Crippen molar-refractivity contribution >= 4 is 28.0 Å². The van der Waals surface area contributed by atoms with Crippen LogP contribution in [0.1, 0.15) is 55.4 Å². The van der Waals surface area contributed by atoms with Crippen LogP contribution in [0.4, 0.5) is 18.9 Å². The summed E-state index contributed by atoms with van der Waals surface area (Å²) in [5, 5.41) is 22.5. The zero-order valence-corrected chi connectivity index (χ0v) is 17.9. The number of nitrogens with one attached hydrogen (secondary N) is 1. The van der Waals surface area contributed by atoms with Crippen LogP contribution in [0, 0.1) is 0 Å². The van der Waals surface area contributed by atoms with Gasteiger partial charge in [0.1, 0.15) is 5.69 Å². The van der Waals surface area contributed by atoms with Crippen LogP contribution >= 0.6 is 0 Å². The largest absolute Gasteiger partial charge is 0.418 e. The van der Waals surface area contributed by atoms with E-state index in [2.05, 4.69) is 15.5 Å². The first kappa shape index (κ1) is 21.8. The Kier molecular flexibility index (Phi) is 5.00. The van der Waals surface area contributed by atoms with Crippen molar-refractivity contribution in [1.29, 1.82) is 0 Å². The molecule has 32 heavy (non-hydrogen) atoms. The predicted molar refractivity (Wildman–Crippen MR) is 114 cm³/mol. The van der Waals surface area contributed by atoms with Crippen molar-refractivity contribution in [2.75, 3.05) is 5.32 Å². The van der Waals surface area contributed by atoms with E-state index in [0.717, 1.165) is 16.0 Å². The standard InChI is InChI=1S/C22H22F3N5O2/c1-12(2)29-11-13-7-18(16(21(3,4)32)9-17(13)28-29)27-20(31)19-6-5-15-8-14(22(23,24)25)10-26-30(15)19/h5-12,32H,1-4H3,(H,27,31). The maximum absolute atomic E-state index is 13.0. The lowest BCUT2D eigenvalue weighted by Gasteiger charge is -2.22. The van der Waals surface area contributed by atoms with Gasteiger partial charge < -0.3 is 10.4 Å². The van der Waals surface area contributed by atoms with Crippen LogP contribution in [0.5, 0.6) is 0 Å². The second kappa shape index (κ2) is 7.33. The Morgan fingerprint density at radius 1 is 1.16 bits per heavy atom. The van der Waals surface area contributed by atoms with E-state index in [0.29, 0.717) is 23.0 Å². The Labute approximate surface area is 181 Å². The lowest BCUT2D eigenvalue weighted by Crippen LogP contribution is -2.22. The predicted octanol–water partition coefficient (Wildman–Crippen LogP) is 4.76. The molecule has 0 unspecified atom stereocenters. The molecule has 0 spiro atoms. The minimum absolute atomic E-state index is 0.0633. The minimum atomic E-state index is -4.53. The van der Waals surface area contributed by atoms with Crippen LogP contribution in [0.25, 0.3) is 16.4 Å². The molecule has 0 fully saturated rings. The molecular weight excluding hydrogens is 423 g/mol. The van der Waals surface area contributed by atoms with Gasteiger partial charge in [-0.05, 0) is 58.0 Å². The molecule has 3 heterocycles. The smallest absolute Gasteiger partial charge is 0.386 e. The number of hydrogen-bond acceptors (Lipinski definition) is 4. The highest BCUT2D eigenvalue weighted by atomic mass is 19.4. The van der Waals surface area contributed by atoms with E-state index in [1.54, 1.807) is 30.7 Å². The summed E-state index contributed by atoms with van der Waals surface area (Å²) < 4.78 is 41.8. The minimum Gasteiger partial charge on any atom is -0.386 e. The van der Waals surface area contributed by atoms with E-state index >= 15 is 0 Å². The van der Waals surface area contributed by atoms with E-state index in [-0.39, 0.29) is 17.3 Å². The summed E-state index contributed by atoms with van der Waals surface area (Å²) in [7, 11) is 0. The molecule has 4 rings (SSSR count). The van der Waals surface area contributed by atoms with Crippen molar-refractivity contribution in [1.82, 2.24) is 19.4 Å². The fraction of sp³-hybridized carbons (Fsp3) is 0.318. The van der Waals surface area contributed by atoms with E-state index in [1.165, 1.54) is 12.1 Å². The molecule has 10 heteroatoms. The molecule has 0 aliphatic heterocycles. The van der Waals surface area contributed by atoms with E-state index in [4.69, 9.17) is 0 Å². The fourth-order valence-electron chi connectivity index (χ4n) is 3.48. The van der Waals surface area contributed by atoms with Gasteiger partial charge >= 0.3 is 6.18 Å². The molecular formula is C22H22F3N5O2. The number of anilines is 1. The first-order valence-electron chi connectivity index (χ1n) is 9.96. The summed E-state index contributed by atoms with van der Waals surface area (Å²) in [6.07, 6.45) is -2.01.